The van der Waals surface area contributed by atoms with E-state index in [-0.39, 0.29) is 6.03 Å². The van der Waals surface area contributed by atoms with E-state index in [2.05, 4.69) is 5.32 Å². The molecule has 0 spiro atoms. The van der Waals surface area contributed by atoms with Crippen LogP contribution in [0.1, 0.15) is 5.56 Å². The van der Waals surface area contributed by atoms with Crippen molar-refractivity contribution < 1.29 is 4.79 Å². The molecule has 0 aliphatic heterocycles. The summed E-state index contributed by atoms with van der Waals surface area (Å²) in [5.74, 6) is 0. The Labute approximate surface area is 134 Å². The van der Waals surface area contributed by atoms with Gasteiger partial charge in [-0.15, -0.1) is 0 Å². The number of hydrogen-bond donors (Lipinski definition) is 1. The lowest BCUT2D eigenvalue weighted by molar-refractivity contribution is 0.223. The Balaban J connectivity index is 1.92. The Morgan fingerprint density at radius 1 is 1.10 bits per heavy atom. The van der Waals surface area contributed by atoms with Gasteiger partial charge < -0.3 is 10.2 Å². The molecule has 2 rings (SSSR count). The number of nitrogens with one attached hydrogen (secondary N) is 1. The molecule has 0 aromatic heterocycles. The van der Waals surface area contributed by atoms with E-state index in [1.165, 1.54) is 5.56 Å². The minimum atomic E-state index is -0.213. The number of carbonyl (C=O) groups excluding carboxylic acids is 1. The van der Waals surface area contributed by atoms with Crippen LogP contribution < -0.4 is 5.32 Å². The molecule has 2 aromatic carbocycles. The highest BCUT2D eigenvalue weighted by Crippen LogP contribution is 2.29. The van der Waals surface area contributed by atoms with Crippen molar-refractivity contribution in [3.05, 3.63) is 64.1 Å². The van der Waals surface area contributed by atoms with Gasteiger partial charge in [-0.2, -0.15) is 0 Å². The minimum absolute atomic E-state index is 0.213. The van der Waals surface area contributed by atoms with Crippen molar-refractivity contribution in [3.63, 3.8) is 0 Å². The number of anilines is 1. The van der Waals surface area contributed by atoms with E-state index >= 15 is 0 Å². The molecule has 0 saturated carbocycles. The zero-order chi connectivity index (χ0) is 15.2. The third-order valence-corrected chi connectivity index (χ3v) is 3.94. The predicted molar refractivity (Wildman–Crippen MR) is 88.3 cm³/mol. The maximum absolute atomic E-state index is 12.1. The first-order valence-electron chi connectivity index (χ1n) is 6.58. The van der Waals surface area contributed by atoms with Crippen LogP contribution in [-0.4, -0.2) is 24.5 Å². The van der Waals surface area contributed by atoms with E-state index in [0.29, 0.717) is 22.3 Å². The van der Waals surface area contributed by atoms with Gasteiger partial charge in [-0.25, -0.2) is 4.79 Å². The molecule has 1 N–H and O–H groups in total. The third-order valence-electron chi connectivity index (χ3n) is 3.12. The van der Waals surface area contributed by atoms with Crippen molar-refractivity contribution in [1.82, 2.24) is 4.90 Å². The lowest BCUT2D eigenvalue weighted by Crippen LogP contribution is -2.33. The first kappa shape index (κ1) is 15.7. The van der Waals surface area contributed by atoms with Gasteiger partial charge in [0.25, 0.3) is 0 Å². The molecule has 2 aromatic rings. The Morgan fingerprint density at radius 2 is 1.81 bits per heavy atom. The van der Waals surface area contributed by atoms with Crippen molar-refractivity contribution in [3.8, 4) is 0 Å². The van der Waals surface area contributed by atoms with Gasteiger partial charge >= 0.3 is 6.03 Å². The molecule has 0 radical (unpaired) electrons. The zero-order valence-corrected chi connectivity index (χ0v) is 13.2. The summed E-state index contributed by atoms with van der Waals surface area (Å²) in [6.45, 7) is 0.619. The summed E-state index contributed by atoms with van der Waals surface area (Å²) >= 11 is 12.0. The largest absolute Gasteiger partial charge is 0.327 e. The van der Waals surface area contributed by atoms with Crippen molar-refractivity contribution >= 4 is 34.9 Å². The molecule has 0 heterocycles. The fourth-order valence-corrected chi connectivity index (χ4v) is 2.20. The van der Waals surface area contributed by atoms with Crippen molar-refractivity contribution in [2.75, 3.05) is 18.9 Å². The van der Waals surface area contributed by atoms with Gasteiger partial charge in [-0.3, -0.25) is 0 Å². The second kappa shape index (κ2) is 7.34. The average molecular weight is 323 g/mol. The van der Waals surface area contributed by atoms with Crippen LogP contribution in [0.15, 0.2) is 48.5 Å². The van der Waals surface area contributed by atoms with E-state index < -0.39 is 0 Å². The molecule has 0 atom stereocenters. The van der Waals surface area contributed by atoms with E-state index in [1.54, 1.807) is 30.1 Å². The van der Waals surface area contributed by atoms with Crippen LogP contribution in [0.3, 0.4) is 0 Å². The SMILES string of the molecule is CN(CCc1ccccc1)C(=O)Nc1cccc(Cl)c1Cl. The van der Waals surface area contributed by atoms with Crippen LogP contribution in [0.25, 0.3) is 0 Å². The first-order chi connectivity index (χ1) is 10.1. The number of rotatable bonds is 4. The number of urea groups is 1. The molecule has 110 valence electrons. The first-order valence-corrected chi connectivity index (χ1v) is 7.33. The van der Waals surface area contributed by atoms with Crippen LogP contribution in [-0.2, 0) is 6.42 Å². The summed E-state index contributed by atoms with van der Waals surface area (Å²) < 4.78 is 0. The van der Waals surface area contributed by atoms with Gasteiger partial charge in [0.15, 0.2) is 0 Å². The van der Waals surface area contributed by atoms with Crippen molar-refractivity contribution in [1.29, 1.82) is 0 Å². The highest BCUT2D eigenvalue weighted by molar-refractivity contribution is 6.43. The fourth-order valence-electron chi connectivity index (χ4n) is 1.85. The summed E-state index contributed by atoms with van der Waals surface area (Å²) in [6.07, 6.45) is 0.800. The molecule has 0 fully saturated rings. The standard InChI is InChI=1S/C16H16Cl2N2O/c1-20(11-10-12-6-3-2-4-7-12)16(21)19-14-9-5-8-13(17)15(14)18/h2-9H,10-11H2,1H3,(H,19,21). The quantitative estimate of drug-likeness (QED) is 0.869. The number of amides is 2. The number of nitrogens with zero attached hydrogens (tertiary/aromatic N) is 1. The number of halogens is 2. The van der Waals surface area contributed by atoms with E-state index in [1.807, 2.05) is 30.3 Å². The lowest BCUT2D eigenvalue weighted by atomic mass is 10.1. The van der Waals surface area contributed by atoms with Gasteiger partial charge in [-0.05, 0) is 24.1 Å². The van der Waals surface area contributed by atoms with E-state index in [9.17, 15) is 4.79 Å². The molecular weight excluding hydrogens is 307 g/mol. The Kier molecular flexibility index (Phi) is 5.48. The summed E-state index contributed by atoms with van der Waals surface area (Å²) in [6, 6.07) is 15.0. The summed E-state index contributed by atoms with van der Waals surface area (Å²) in [4.78, 5) is 13.7. The van der Waals surface area contributed by atoms with Crippen LogP contribution in [0.4, 0.5) is 10.5 Å². The molecule has 21 heavy (non-hydrogen) atoms. The molecule has 2 amide bonds. The molecule has 0 saturated heterocycles. The van der Waals surface area contributed by atoms with Gasteiger partial charge in [0.2, 0.25) is 0 Å². The monoisotopic (exact) mass is 322 g/mol. The molecule has 0 bridgehead atoms. The molecule has 0 aliphatic rings. The van der Waals surface area contributed by atoms with Gasteiger partial charge in [0.05, 0.1) is 15.7 Å². The average Bonchev–Trinajstić information content (AvgIpc) is 2.50. The zero-order valence-electron chi connectivity index (χ0n) is 11.6. The van der Waals surface area contributed by atoms with E-state index in [4.69, 9.17) is 23.2 Å². The fraction of sp³-hybridized carbons (Fsp3) is 0.188. The highest BCUT2D eigenvalue weighted by Gasteiger charge is 2.11. The maximum Gasteiger partial charge on any atom is 0.321 e. The number of hydrogen-bond acceptors (Lipinski definition) is 1. The Hall–Kier alpha value is -1.71. The number of likely N-dealkylation sites (N-methyl/N-ethyl adjacent to an activating group) is 1. The normalized spacial score (nSPS) is 10.2. The minimum Gasteiger partial charge on any atom is -0.327 e. The maximum atomic E-state index is 12.1. The molecule has 5 heteroatoms. The number of benzene rings is 2. The summed E-state index contributed by atoms with van der Waals surface area (Å²) in [5.41, 5.74) is 1.71. The van der Waals surface area contributed by atoms with Crippen LogP contribution in [0.2, 0.25) is 10.0 Å². The van der Waals surface area contributed by atoms with Crippen molar-refractivity contribution in [2.45, 2.75) is 6.42 Å². The van der Waals surface area contributed by atoms with Crippen LogP contribution >= 0.6 is 23.2 Å². The highest BCUT2D eigenvalue weighted by atomic mass is 35.5. The van der Waals surface area contributed by atoms with Crippen LogP contribution in [0.5, 0.6) is 0 Å². The molecule has 0 unspecified atom stereocenters. The summed E-state index contributed by atoms with van der Waals surface area (Å²) in [5, 5.41) is 3.53. The van der Waals surface area contributed by atoms with Gasteiger partial charge in [0.1, 0.15) is 0 Å². The summed E-state index contributed by atoms with van der Waals surface area (Å²) in [7, 11) is 1.75. The predicted octanol–water partition coefficient (Wildman–Crippen LogP) is 4.70. The van der Waals surface area contributed by atoms with Crippen LogP contribution in [0, 0.1) is 0 Å². The smallest absolute Gasteiger partial charge is 0.321 e. The Bertz CT molecular complexity index is 617. The van der Waals surface area contributed by atoms with Gasteiger partial charge in [0, 0.05) is 13.6 Å². The van der Waals surface area contributed by atoms with E-state index in [0.717, 1.165) is 6.42 Å². The van der Waals surface area contributed by atoms with Gasteiger partial charge in [-0.1, -0.05) is 59.6 Å². The number of carbonyl (C=O) groups is 1. The second-order valence-corrected chi connectivity index (χ2v) is 5.47. The Morgan fingerprint density at radius 3 is 2.52 bits per heavy atom. The molecular formula is C16H16Cl2N2O. The third kappa shape index (κ3) is 4.38. The molecule has 3 nitrogen and oxygen atoms in total. The lowest BCUT2D eigenvalue weighted by Gasteiger charge is -2.18. The van der Waals surface area contributed by atoms with Crippen molar-refractivity contribution in [2.24, 2.45) is 0 Å². The topological polar surface area (TPSA) is 32.3 Å². The molecule has 0 aliphatic carbocycles. The second-order valence-electron chi connectivity index (χ2n) is 4.69.